The first-order valence-corrected chi connectivity index (χ1v) is 7.79. The Morgan fingerprint density at radius 1 is 1.45 bits per heavy atom. The zero-order valence-electron chi connectivity index (χ0n) is 12.6. The zero-order chi connectivity index (χ0) is 16.1. The van der Waals surface area contributed by atoms with Gasteiger partial charge in [0.25, 0.3) is 0 Å². The summed E-state index contributed by atoms with van der Waals surface area (Å²) in [5.74, 6) is 1.39. The van der Waals surface area contributed by atoms with Crippen molar-refractivity contribution in [2.45, 2.75) is 19.6 Å². The lowest BCUT2D eigenvalue weighted by Crippen LogP contribution is -2.15. The Morgan fingerprint density at radius 3 is 2.86 bits per heavy atom. The average Bonchev–Trinajstić information content (AvgIpc) is 2.80. The number of halogens is 1. The van der Waals surface area contributed by atoms with Crippen molar-refractivity contribution in [3.8, 4) is 5.75 Å². The lowest BCUT2D eigenvalue weighted by molar-refractivity contribution is -0.113. The number of aryl methyl sites for hydroxylation is 2. The molecular weight excluding hydrogens is 307 g/mol. The number of nitrogens with one attached hydrogen (secondary N) is 1. The Hall–Kier alpha value is -2.02. The van der Waals surface area contributed by atoms with Crippen LogP contribution >= 0.6 is 11.8 Å². The standard InChI is InChI=1S/C15H17FN2O3S/c1-9-12(10(2)21-18-9)7-22-8-15(19)17-13-5-4-11(16)6-14(13)20-3/h4-6H,7-8H2,1-3H3,(H,17,19). The first-order valence-electron chi connectivity index (χ1n) is 6.64. The van der Waals surface area contributed by atoms with Crippen molar-refractivity contribution in [3.05, 3.63) is 41.0 Å². The Balaban J connectivity index is 1.88. The smallest absolute Gasteiger partial charge is 0.234 e. The van der Waals surface area contributed by atoms with E-state index in [4.69, 9.17) is 9.26 Å². The number of ether oxygens (including phenoxy) is 1. The van der Waals surface area contributed by atoms with Crippen LogP contribution in [0.15, 0.2) is 22.7 Å². The van der Waals surface area contributed by atoms with Crippen molar-refractivity contribution in [3.63, 3.8) is 0 Å². The number of amides is 1. The molecule has 0 saturated heterocycles. The minimum absolute atomic E-state index is 0.179. The molecule has 0 aliphatic heterocycles. The van der Waals surface area contributed by atoms with Crippen LogP contribution in [-0.2, 0) is 10.5 Å². The SMILES string of the molecule is COc1cc(F)ccc1NC(=O)CSCc1c(C)noc1C. The van der Waals surface area contributed by atoms with E-state index in [9.17, 15) is 9.18 Å². The van der Waals surface area contributed by atoms with E-state index in [1.54, 1.807) is 0 Å². The summed E-state index contributed by atoms with van der Waals surface area (Å²) in [5.41, 5.74) is 2.30. The Kier molecular flexibility index (Phi) is 5.43. The Labute approximate surface area is 132 Å². The highest BCUT2D eigenvalue weighted by atomic mass is 32.2. The van der Waals surface area contributed by atoms with Crippen molar-refractivity contribution in [2.75, 3.05) is 18.2 Å². The van der Waals surface area contributed by atoms with Gasteiger partial charge in [-0.05, 0) is 26.0 Å². The van der Waals surface area contributed by atoms with Gasteiger partial charge in [-0.1, -0.05) is 5.16 Å². The van der Waals surface area contributed by atoms with Gasteiger partial charge in [-0.3, -0.25) is 4.79 Å². The first kappa shape index (κ1) is 16.4. The summed E-state index contributed by atoms with van der Waals surface area (Å²) in [6.45, 7) is 3.72. The zero-order valence-corrected chi connectivity index (χ0v) is 13.4. The van der Waals surface area contributed by atoms with Gasteiger partial charge in [0.1, 0.15) is 17.3 Å². The van der Waals surface area contributed by atoms with E-state index >= 15 is 0 Å². The number of nitrogens with zero attached hydrogens (tertiary/aromatic N) is 1. The van der Waals surface area contributed by atoms with Crippen LogP contribution in [0.25, 0.3) is 0 Å². The summed E-state index contributed by atoms with van der Waals surface area (Å²) in [4.78, 5) is 11.9. The lowest BCUT2D eigenvalue weighted by atomic mass is 10.2. The van der Waals surface area contributed by atoms with E-state index in [-0.39, 0.29) is 11.7 Å². The van der Waals surface area contributed by atoms with Gasteiger partial charge in [0.05, 0.1) is 24.2 Å². The number of methoxy groups -OCH3 is 1. The van der Waals surface area contributed by atoms with E-state index in [0.29, 0.717) is 17.2 Å². The van der Waals surface area contributed by atoms with Crippen molar-refractivity contribution in [1.29, 1.82) is 0 Å². The molecule has 1 heterocycles. The molecule has 0 saturated carbocycles. The van der Waals surface area contributed by atoms with Gasteiger partial charge in [0.15, 0.2) is 0 Å². The van der Waals surface area contributed by atoms with Gasteiger partial charge in [-0.2, -0.15) is 0 Å². The molecule has 0 unspecified atom stereocenters. The molecule has 0 radical (unpaired) electrons. The lowest BCUT2D eigenvalue weighted by Gasteiger charge is -2.10. The van der Waals surface area contributed by atoms with E-state index in [1.165, 1.54) is 37.1 Å². The molecule has 1 amide bonds. The van der Waals surface area contributed by atoms with Crippen LogP contribution in [0.4, 0.5) is 10.1 Å². The molecule has 1 N–H and O–H groups in total. The van der Waals surface area contributed by atoms with Crippen molar-refractivity contribution in [1.82, 2.24) is 5.16 Å². The highest BCUT2D eigenvalue weighted by Gasteiger charge is 2.12. The summed E-state index contributed by atoms with van der Waals surface area (Å²) < 4.78 is 23.2. The molecular formula is C15H17FN2O3S. The largest absolute Gasteiger partial charge is 0.494 e. The first-order chi connectivity index (χ1) is 10.5. The molecule has 0 aliphatic carbocycles. The Morgan fingerprint density at radius 2 is 2.23 bits per heavy atom. The summed E-state index contributed by atoms with van der Waals surface area (Å²) in [7, 11) is 1.43. The predicted octanol–water partition coefficient (Wildman–Crippen LogP) is 3.31. The summed E-state index contributed by atoms with van der Waals surface area (Å²) in [5, 5.41) is 6.58. The molecule has 2 aromatic rings. The normalized spacial score (nSPS) is 10.5. The third-order valence-electron chi connectivity index (χ3n) is 3.10. The molecule has 5 nitrogen and oxygen atoms in total. The molecule has 2 rings (SSSR count). The third-order valence-corrected chi connectivity index (χ3v) is 4.06. The van der Waals surface area contributed by atoms with Crippen LogP contribution in [0.5, 0.6) is 5.75 Å². The second kappa shape index (κ2) is 7.31. The van der Waals surface area contributed by atoms with Crippen LogP contribution in [0.2, 0.25) is 0 Å². The number of aromatic nitrogens is 1. The maximum atomic E-state index is 13.1. The highest BCUT2D eigenvalue weighted by molar-refractivity contribution is 7.99. The van der Waals surface area contributed by atoms with Crippen LogP contribution in [0.1, 0.15) is 17.0 Å². The van der Waals surface area contributed by atoms with Gasteiger partial charge in [0.2, 0.25) is 5.91 Å². The predicted molar refractivity (Wildman–Crippen MR) is 83.7 cm³/mol. The highest BCUT2D eigenvalue weighted by Crippen LogP contribution is 2.25. The van der Waals surface area contributed by atoms with Gasteiger partial charge >= 0.3 is 0 Å². The molecule has 1 aromatic carbocycles. The number of carbonyl (C=O) groups is 1. The Bertz CT molecular complexity index is 653. The fourth-order valence-electron chi connectivity index (χ4n) is 1.91. The molecule has 0 fully saturated rings. The monoisotopic (exact) mass is 324 g/mol. The number of benzene rings is 1. The van der Waals surface area contributed by atoms with E-state index < -0.39 is 5.82 Å². The maximum Gasteiger partial charge on any atom is 0.234 e. The van der Waals surface area contributed by atoms with E-state index in [2.05, 4.69) is 10.5 Å². The number of hydrogen-bond acceptors (Lipinski definition) is 5. The van der Waals surface area contributed by atoms with Gasteiger partial charge in [0, 0.05) is 17.4 Å². The minimum Gasteiger partial charge on any atom is -0.494 e. The van der Waals surface area contributed by atoms with Gasteiger partial charge < -0.3 is 14.6 Å². The third kappa shape index (κ3) is 4.00. The molecule has 1 aromatic heterocycles. The second-order valence-electron chi connectivity index (χ2n) is 4.69. The van der Waals surface area contributed by atoms with E-state index in [0.717, 1.165) is 17.0 Å². The summed E-state index contributed by atoms with van der Waals surface area (Å²) >= 11 is 1.46. The number of carbonyl (C=O) groups excluding carboxylic acids is 1. The topological polar surface area (TPSA) is 64.4 Å². The average molecular weight is 324 g/mol. The van der Waals surface area contributed by atoms with Crippen molar-refractivity contribution in [2.24, 2.45) is 0 Å². The molecule has 22 heavy (non-hydrogen) atoms. The number of thioether (sulfide) groups is 1. The van der Waals surface area contributed by atoms with Crippen LogP contribution in [0, 0.1) is 19.7 Å². The fourth-order valence-corrected chi connectivity index (χ4v) is 2.88. The minimum atomic E-state index is -0.414. The van der Waals surface area contributed by atoms with Crippen LogP contribution < -0.4 is 10.1 Å². The molecule has 0 atom stereocenters. The summed E-state index contributed by atoms with van der Waals surface area (Å²) in [6.07, 6.45) is 0. The van der Waals surface area contributed by atoms with Crippen molar-refractivity contribution >= 4 is 23.4 Å². The van der Waals surface area contributed by atoms with Gasteiger partial charge in [-0.25, -0.2) is 4.39 Å². The number of rotatable bonds is 6. The quantitative estimate of drug-likeness (QED) is 0.883. The second-order valence-corrected chi connectivity index (χ2v) is 5.67. The number of hydrogen-bond donors (Lipinski definition) is 1. The van der Waals surface area contributed by atoms with Crippen LogP contribution in [-0.4, -0.2) is 23.9 Å². The fraction of sp³-hybridized carbons (Fsp3) is 0.333. The van der Waals surface area contributed by atoms with Crippen LogP contribution in [0.3, 0.4) is 0 Å². The molecule has 7 heteroatoms. The maximum absolute atomic E-state index is 13.1. The van der Waals surface area contributed by atoms with Gasteiger partial charge in [-0.15, -0.1) is 11.8 Å². The van der Waals surface area contributed by atoms with E-state index in [1.807, 2.05) is 13.8 Å². The molecule has 0 spiro atoms. The molecule has 0 aliphatic rings. The summed E-state index contributed by atoms with van der Waals surface area (Å²) in [6, 6.07) is 3.98. The molecule has 0 bridgehead atoms. The molecule has 118 valence electrons. The van der Waals surface area contributed by atoms with Crippen molar-refractivity contribution < 1.29 is 18.4 Å². The number of anilines is 1.